The zero-order chi connectivity index (χ0) is 15.0. The maximum absolute atomic E-state index is 11.8. The third kappa shape index (κ3) is 5.71. The fourth-order valence-electron chi connectivity index (χ4n) is 1.56. The molecule has 2 N–H and O–H groups in total. The topological polar surface area (TPSA) is 67.4 Å². The number of nitrogens with one attached hydrogen (secondary N) is 2. The number of ether oxygens (including phenoxy) is 1. The van der Waals surface area contributed by atoms with Crippen LogP contribution in [0.25, 0.3) is 0 Å². The van der Waals surface area contributed by atoms with Crippen LogP contribution in [-0.4, -0.2) is 37.6 Å². The first-order chi connectivity index (χ1) is 9.54. The minimum Gasteiger partial charge on any atom is -0.369 e. The molecule has 0 aliphatic rings. The van der Waals surface area contributed by atoms with Crippen molar-refractivity contribution in [2.45, 2.75) is 20.0 Å². The Bertz CT molecular complexity index is 465. The Kier molecular flexibility index (Phi) is 7.25. The average molecular weight is 343 g/mol. The van der Waals surface area contributed by atoms with Gasteiger partial charge >= 0.3 is 0 Å². The summed E-state index contributed by atoms with van der Waals surface area (Å²) in [6, 6.07) is 7.12. The normalized spacial score (nSPS) is 11.8. The van der Waals surface area contributed by atoms with Crippen LogP contribution in [0.1, 0.15) is 24.2 Å². The predicted octanol–water partition coefficient (Wildman–Crippen LogP) is 1.72. The van der Waals surface area contributed by atoms with Crippen LogP contribution in [0.3, 0.4) is 0 Å². The Balaban J connectivity index is 2.27. The maximum atomic E-state index is 11.8. The molecule has 1 aromatic carbocycles. The van der Waals surface area contributed by atoms with Crippen molar-refractivity contribution in [3.8, 4) is 0 Å². The van der Waals surface area contributed by atoms with E-state index in [1.165, 1.54) is 0 Å². The zero-order valence-corrected chi connectivity index (χ0v) is 13.2. The van der Waals surface area contributed by atoms with Gasteiger partial charge in [0, 0.05) is 29.7 Å². The van der Waals surface area contributed by atoms with Gasteiger partial charge in [0.25, 0.3) is 5.91 Å². The van der Waals surface area contributed by atoms with Crippen molar-refractivity contribution in [1.82, 2.24) is 10.6 Å². The lowest BCUT2D eigenvalue weighted by molar-refractivity contribution is -0.131. The van der Waals surface area contributed by atoms with Crippen LogP contribution in [0.5, 0.6) is 0 Å². The number of rotatable bonds is 7. The van der Waals surface area contributed by atoms with Crippen LogP contribution in [0.2, 0.25) is 0 Å². The molecule has 1 rings (SSSR count). The molecule has 1 aromatic rings. The Morgan fingerprint density at radius 1 is 1.30 bits per heavy atom. The summed E-state index contributed by atoms with van der Waals surface area (Å²) in [5.41, 5.74) is 0.577. The maximum Gasteiger partial charge on any atom is 0.251 e. The first-order valence-electron chi connectivity index (χ1n) is 6.47. The average Bonchev–Trinajstić information content (AvgIpc) is 2.43. The summed E-state index contributed by atoms with van der Waals surface area (Å²) in [5, 5.41) is 5.43. The number of halogens is 1. The molecule has 5 nitrogen and oxygen atoms in total. The molecule has 0 saturated heterocycles. The molecule has 0 spiro atoms. The van der Waals surface area contributed by atoms with Crippen LogP contribution in [0.4, 0.5) is 0 Å². The first kappa shape index (κ1) is 16.7. The van der Waals surface area contributed by atoms with E-state index in [4.69, 9.17) is 4.74 Å². The predicted molar refractivity (Wildman–Crippen MR) is 80.6 cm³/mol. The standard InChI is InChI=1S/C14H19BrN2O3/c1-3-20-10(2)13(18)16-7-8-17-14(19)11-5-4-6-12(15)9-11/h4-6,9-10H,3,7-8H2,1-2H3,(H,16,18)(H,17,19). The molecule has 0 bridgehead atoms. The number of carbonyl (C=O) groups excluding carboxylic acids is 2. The van der Waals surface area contributed by atoms with E-state index >= 15 is 0 Å². The van der Waals surface area contributed by atoms with Crippen molar-refractivity contribution in [3.63, 3.8) is 0 Å². The lowest BCUT2D eigenvalue weighted by Gasteiger charge is -2.12. The molecular weight excluding hydrogens is 324 g/mol. The van der Waals surface area contributed by atoms with Gasteiger partial charge < -0.3 is 15.4 Å². The van der Waals surface area contributed by atoms with Crippen molar-refractivity contribution < 1.29 is 14.3 Å². The van der Waals surface area contributed by atoms with Crippen LogP contribution >= 0.6 is 15.9 Å². The van der Waals surface area contributed by atoms with Crippen LogP contribution in [0.15, 0.2) is 28.7 Å². The van der Waals surface area contributed by atoms with E-state index in [-0.39, 0.29) is 11.8 Å². The number of amides is 2. The highest BCUT2D eigenvalue weighted by molar-refractivity contribution is 9.10. The molecule has 1 atom stereocenters. The number of carbonyl (C=O) groups is 2. The van der Waals surface area contributed by atoms with E-state index in [1.54, 1.807) is 25.1 Å². The molecule has 0 aliphatic heterocycles. The molecule has 0 radical (unpaired) electrons. The fourth-order valence-corrected chi connectivity index (χ4v) is 1.96. The van der Waals surface area contributed by atoms with Gasteiger partial charge in [0.15, 0.2) is 0 Å². The van der Waals surface area contributed by atoms with Crippen molar-refractivity contribution in [2.75, 3.05) is 19.7 Å². The van der Waals surface area contributed by atoms with Gasteiger partial charge in [-0.15, -0.1) is 0 Å². The second kappa shape index (κ2) is 8.71. The molecular formula is C14H19BrN2O3. The van der Waals surface area contributed by atoms with Crippen molar-refractivity contribution >= 4 is 27.7 Å². The number of benzene rings is 1. The Labute approximate surface area is 127 Å². The first-order valence-corrected chi connectivity index (χ1v) is 7.27. The molecule has 20 heavy (non-hydrogen) atoms. The van der Waals surface area contributed by atoms with Gasteiger partial charge in [-0.05, 0) is 32.0 Å². The third-order valence-electron chi connectivity index (χ3n) is 2.58. The van der Waals surface area contributed by atoms with Crippen molar-refractivity contribution in [3.05, 3.63) is 34.3 Å². The molecule has 6 heteroatoms. The third-order valence-corrected chi connectivity index (χ3v) is 3.08. The van der Waals surface area contributed by atoms with Crippen LogP contribution < -0.4 is 10.6 Å². The summed E-state index contributed by atoms with van der Waals surface area (Å²) in [6.07, 6.45) is -0.471. The fraction of sp³-hybridized carbons (Fsp3) is 0.429. The van der Waals surface area contributed by atoms with Gasteiger partial charge in [-0.3, -0.25) is 9.59 Å². The quantitative estimate of drug-likeness (QED) is 0.741. The SMILES string of the molecule is CCOC(C)C(=O)NCCNC(=O)c1cccc(Br)c1. The van der Waals surface area contributed by atoms with E-state index in [0.717, 1.165) is 4.47 Å². The molecule has 0 aromatic heterocycles. The van der Waals surface area contributed by atoms with Gasteiger partial charge in [0.1, 0.15) is 6.10 Å². The summed E-state index contributed by atoms with van der Waals surface area (Å²) < 4.78 is 6.01. The molecule has 1 unspecified atom stereocenters. The van der Waals surface area contributed by atoms with E-state index in [9.17, 15) is 9.59 Å². The summed E-state index contributed by atoms with van der Waals surface area (Å²) in [5.74, 6) is -0.345. The molecule has 0 heterocycles. The van der Waals surface area contributed by atoms with E-state index in [1.807, 2.05) is 13.0 Å². The summed E-state index contributed by atoms with van der Waals surface area (Å²) >= 11 is 3.31. The van der Waals surface area contributed by atoms with Crippen LogP contribution in [-0.2, 0) is 9.53 Å². The largest absolute Gasteiger partial charge is 0.369 e. The monoisotopic (exact) mass is 342 g/mol. The second-order valence-electron chi connectivity index (χ2n) is 4.15. The van der Waals surface area contributed by atoms with E-state index in [2.05, 4.69) is 26.6 Å². The Morgan fingerprint density at radius 3 is 2.65 bits per heavy atom. The highest BCUT2D eigenvalue weighted by atomic mass is 79.9. The molecule has 0 fully saturated rings. The summed E-state index contributed by atoms with van der Waals surface area (Å²) in [6.45, 7) is 4.76. The number of hydrogen-bond acceptors (Lipinski definition) is 3. The van der Waals surface area contributed by atoms with Gasteiger partial charge in [-0.2, -0.15) is 0 Å². The van der Waals surface area contributed by atoms with Gasteiger partial charge in [-0.1, -0.05) is 22.0 Å². The van der Waals surface area contributed by atoms with Gasteiger partial charge in [0.2, 0.25) is 5.91 Å². The van der Waals surface area contributed by atoms with Crippen molar-refractivity contribution in [1.29, 1.82) is 0 Å². The van der Waals surface area contributed by atoms with Crippen molar-refractivity contribution in [2.24, 2.45) is 0 Å². The highest BCUT2D eigenvalue weighted by Gasteiger charge is 2.11. The Morgan fingerprint density at radius 2 is 2.00 bits per heavy atom. The minimum absolute atomic E-state index is 0.168. The van der Waals surface area contributed by atoms with Gasteiger partial charge in [-0.25, -0.2) is 0 Å². The molecule has 2 amide bonds. The zero-order valence-electron chi connectivity index (χ0n) is 11.6. The lowest BCUT2D eigenvalue weighted by Crippen LogP contribution is -2.39. The second-order valence-corrected chi connectivity index (χ2v) is 5.07. The molecule has 0 saturated carbocycles. The van der Waals surface area contributed by atoms with E-state index in [0.29, 0.717) is 25.3 Å². The molecule has 110 valence electrons. The smallest absolute Gasteiger partial charge is 0.251 e. The molecule has 0 aliphatic carbocycles. The number of hydrogen-bond donors (Lipinski definition) is 2. The highest BCUT2D eigenvalue weighted by Crippen LogP contribution is 2.11. The minimum atomic E-state index is -0.471. The van der Waals surface area contributed by atoms with Gasteiger partial charge in [0.05, 0.1) is 0 Å². The lowest BCUT2D eigenvalue weighted by atomic mass is 10.2. The summed E-state index contributed by atoms with van der Waals surface area (Å²) in [7, 11) is 0. The van der Waals surface area contributed by atoms with Crippen LogP contribution in [0, 0.1) is 0 Å². The van der Waals surface area contributed by atoms with E-state index < -0.39 is 6.10 Å². The Hall–Kier alpha value is -1.40. The summed E-state index contributed by atoms with van der Waals surface area (Å²) in [4.78, 5) is 23.3.